The number of hydrogen-bond donors (Lipinski definition) is 0. The van der Waals surface area contributed by atoms with Gasteiger partial charge in [0.25, 0.3) is 0 Å². The van der Waals surface area contributed by atoms with E-state index in [9.17, 15) is 9.59 Å². The second-order valence-electron chi connectivity index (χ2n) is 7.19. The van der Waals surface area contributed by atoms with Gasteiger partial charge in [0.2, 0.25) is 5.75 Å². The molecule has 0 N–H and O–H groups in total. The van der Waals surface area contributed by atoms with Crippen LogP contribution in [0, 0.1) is 5.41 Å². The van der Waals surface area contributed by atoms with Crippen LogP contribution in [0.25, 0.3) is 11.1 Å². The van der Waals surface area contributed by atoms with Crippen molar-refractivity contribution in [1.82, 2.24) is 0 Å². The quantitative estimate of drug-likeness (QED) is 0.662. The first-order valence-electron chi connectivity index (χ1n) is 9.29. The molecule has 1 saturated carbocycles. The summed E-state index contributed by atoms with van der Waals surface area (Å²) in [6.45, 7) is 0.430. The van der Waals surface area contributed by atoms with Gasteiger partial charge in [-0.15, -0.1) is 0 Å². The first kappa shape index (κ1) is 19.1. The molecular formula is C22H22O7. The monoisotopic (exact) mass is 398 g/mol. The molecule has 7 nitrogen and oxygen atoms in total. The van der Waals surface area contributed by atoms with Crippen molar-refractivity contribution in [3.05, 3.63) is 41.5 Å². The zero-order valence-corrected chi connectivity index (χ0v) is 16.6. The minimum absolute atomic E-state index is 0.183. The van der Waals surface area contributed by atoms with Crippen LogP contribution in [-0.4, -0.2) is 39.9 Å². The number of hydrogen-bond acceptors (Lipinski definition) is 7. The Morgan fingerprint density at radius 1 is 1.03 bits per heavy atom. The molecule has 1 heterocycles. The fourth-order valence-corrected chi connectivity index (χ4v) is 3.56. The lowest BCUT2D eigenvalue weighted by atomic mass is 9.99. The molecule has 0 amide bonds. The van der Waals surface area contributed by atoms with E-state index in [0.717, 1.165) is 29.5 Å². The van der Waals surface area contributed by atoms with Crippen LogP contribution in [0.15, 0.2) is 30.3 Å². The zero-order chi connectivity index (χ0) is 20.6. The molecule has 2 aliphatic rings. The molecule has 0 unspecified atom stereocenters. The van der Waals surface area contributed by atoms with Crippen molar-refractivity contribution in [3.63, 3.8) is 0 Å². The molecule has 0 saturated heterocycles. The summed E-state index contributed by atoms with van der Waals surface area (Å²) < 4.78 is 27.1. The summed E-state index contributed by atoms with van der Waals surface area (Å²) in [7, 11) is 4.47. The first-order chi connectivity index (χ1) is 14.0. The molecule has 0 radical (unpaired) electrons. The van der Waals surface area contributed by atoms with E-state index in [0.29, 0.717) is 22.8 Å². The molecule has 0 aromatic heterocycles. The average molecular weight is 398 g/mol. The predicted molar refractivity (Wildman–Crippen MR) is 103 cm³/mol. The van der Waals surface area contributed by atoms with Crippen molar-refractivity contribution < 1.29 is 33.3 Å². The van der Waals surface area contributed by atoms with Crippen LogP contribution in [0.1, 0.15) is 28.8 Å². The Morgan fingerprint density at radius 2 is 1.79 bits per heavy atom. The number of fused-ring (bicyclic) bond motifs is 1. The maximum absolute atomic E-state index is 12.1. The van der Waals surface area contributed by atoms with Crippen LogP contribution in [0.4, 0.5) is 0 Å². The molecule has 0 spiro atoms. The summed E-state index contributed by atoms with van der Waals surface area (Å²) in [4.78, 5) is 23.9. The average Bonchev–Trinajstić information content (AvgIpc) is 3.47. The predicted octanol–water partition coefficient (Wildman–Crippen LogP) is 3.37. The van der Waals surface area contributed by atoms with Gasteiger partial charge in [-0.3, -0.25) is 4.79 Å². The highest BCUT2D eigenvalue weighted by molar-refractivity contribution is 5.94. The molecule has 29 heavy (non-hydrogen) atoms. The lowest BCUT2D eigenvalue weighted by Crippen LogP contribution is -2.25. The SMILES string of the molecule is COC(=O)C1(COc2c(-c3ccc4c(c3)COC4=O)ccc(OC)c2OC)CC1. The Kier molecular flexibility index (Phi) is 4.82. The van der Waals surface area contributed by atoms with Crippen LogP contribution in [0.3, 0.4) is 0 Å². The maximum Gasteiger partial charge on any atom is 0.338 e. The van der Waals surface area contributed by atoms with Crippen LogP contribution < -0.4 is 14.2 Å². The van der Waals surface area contributed by atoms with Gasteiger partial charge in [-0.1, -0.05) is 6.07 Å². The molecule has 1 aliphatic carbocycles. The van der Waals surface area contributed by atoms with Gasteiger partial charge in [-0.2, -0.15) is 0 Å². The van der Waals surface area contributed by atoms with Crippen LogP contribution in [0.5, 0.6) is 17.2 Å². The second-order valence-corrected chi connectivity index (χ2v) is 7.19. The fraction of sp³-hybridized carbons (Fsp3) is 0.364. The van der Waals surface area contributed by atoms with Crippen molar-refractivity contribution in [2.75, 3.05) is 27.9 Å². The second kappa shape index (κ2) is 7.31. The summed E-state index contributed by atoms with van der Waals surface area (Å²) >= 11 is 0. The normalized spacial score (nSPS) is 15.9. The van der Waals surface area contributed by atoms with Gasteiger partial charge in [0, 0.05) is 11.1 Å². The maximum atomic E-state index is 12.1. The lowest BCUT2D eigenvalue weighted by Gasteiger charge is -2.20. The molecule has 7 heteroatoms. The number of cyclic esters (lactones) is 1. The van der Waals surface area contributed by atoms with Gasteiger partial charge < -0.3 is 23.7 Å². The van der Waals surface area contributed by atoms with E-state index in [-0.39, 0.29) is 25.2 Å². The van der Waals surface area contributed by atoms with Gasteiger partial charge >= 0.3 is 11.9 Å². The number of benzene rings is 2. The van der Waals surface area contributed by atoms with Crippen LogP contribution in [0.2, 0.25) is 0 Å². The van der Waals surface area contributed by atoms with Crippen molar-refractivity contribution >= 4 is 11.9 Å². The molecule has 0 bridgehead atoms. The molecule has 1 fully saturated rings. The third-order valence-electron chi connectivity index (χ3n) is 5.46. The molecule has 0 atom stereocenters. The summed E-state index contributed by atoms with van der Waals surface area (Å²) in [5, 5.41) is 0. The highest BCUT2D eigenvalue weighted by Crippen LogP contribution is 2.50. The Labute approximate surface area is 168 Å². The third kappa shape index (κ3) is 3.26. The van der Waals surface area contributed by atoms with Crippen molar-refractivity contribution in [3.8, 4) is 28.4 Å². The summed E-state index contributed by atoms with van der Waals surface area (Å²) in [6.07, 6.45) is 1.44. The van der Waals surface area contributed by atoms with E-state index >= 15 is 0 Å². The Morgan fingerprint density at radius 3 is 2.45 bits per heavy atom. The minimum Gasteiger partial charge on any atom is -0.493 e. The summed E-state index contributed by atoms with van der Waals surface area (Å²) in [5.74, 6) is 0.859. The number of carbonyl (C=O) groups is 2. The van der Waals surface area contributed by atoms with Gasteiger partial charge in [0.05, 0.1) is 26.9 Å². The van der Waals surface area contributed by atoms with Crippen LogP contribution >= 0.6 is 0 Å². The molecule has 152 valence electrons. The topological polar surface area (TPSA) is 80.3 Å². The van der Waals surface area contributed by atoms with E-state index in [1.807, 2.05) is 18.2 Å². The molecule has 2 aromatic rings. The van der Waals surface area contributed by atoms with Crippen molar-refractivity contribution in [2.24, 2.45) is 5.41 Å². The highest BCUT2D eigenvalue weighted by atomic mass is 16.5. The lowest BCUT2D eigenvalue weighted by molar-refractivity contribution is -0.148. The van der Waals surface area contributed by atoms with Gasteiger partial charge in [-0.05, 0) is 42.7 Å². The number of carbonyl (C=O) groups excluding carboxylic acids is 2. The van der Waals surface area contributed by atoms with Gasteiger partial charge in [0.15, 0.2) is 11.5 Å². The Balaban J connectivity index is 1.74. The van der Waals surface area contributed by atoms with E-state index in [1.54, 1.807) is 19.2 Å². The Bertz CT molecular complexity index is 975. The molecule has 2 aromatic carbocycles. The van der Waals surface area contributed by atoms with Crippen molar-refractivity contribution in [1.29, 1.82) is 0 Å². The van der Waals surface area contributed by atoms with E-state index < -0.39 is 5.41 Å². The molecule has 1 aliphatic heterocycles. The first-order valence-corrected chi connectivity index (χ1v) is 9.29. The highest BCUT2D eigenvalue weighted by Gasteiger charge is 2.52. The standard InChI is InChI=1S/C22H22O7/c1-25-17-7-6-15(13-4-5-16-14(10-13)11-28-20(16)23)18(19(17)26-2)29-12-22(8-9-22)21(24)27-3/h4-7,10H,8-9,11-12H2,1-3H3. The van der Waals surface area contributed by atoms with E-state index in [1.165, 1.54) is 14.2 Å². The summed E-state index contributed by atoms with van der Waals surface area (Å²) in [5.41, 5.74) is 2.39. The van der Waals surface area contributed by atoms with Crippen LogP contribution in [-0.2, 0) is 20.9 Å². The number of esters is 2. The summed E-state index contributed by atoms with van der Waals surface area (Å²) in [6, 6.07) is 9.16. The fourth-order valence-electron chi connectivity index (χ4n) is 3.56. The Hall–Kier alpha value is -3.22. The zero-order valence-electron chi connectivity index (χ0n) is 16.6. The number of ether oxygens (including phenoxy) is 5. The number of methoxy groups -OCH3 is 3. The third-order valence-corrected chi connectivity index (χ3v) is 5.46. The largest absolute Gasteiger partial charge is 0.493 e. The van der Waals surface area contributed by atoms with Gasteiger partial charge in [-0.25, -0.2) is 4.79 Å². The van der Waals surface area contributed by atoms with Crippen molar-refractivity contribution in [2.45, 2.75) is 19.4 Å². The van der Waals surface area contributed by atoms with E-state index in [2.05, 4.69) is 0 Å². The number of rotatable bonds is 7. The van der Waals surface area contributed by atoms with Gasteiger partial charge in [0.1, 0.15) is 18.6 Å². The minimum atomic E-state index is -0.613. The molecule has 4 rings (SSSR count). The molecular weight excluding hydrogens is 376 g/mol. The van der Waals surface area contributed by atoms with E-state index in [4.69, 9.17) is 23.7 Å². The smallest absolute Gasteiger partial charge is 0.338 e.